The molecule has 0 saturated carbocycles. The van der Waals surface area contributed by atoms with Crippen molar-refractivity contribution in [3.63, 3.8) is 0 Å². The molecule has 29 heavy (non-hydrogen) atoms. The SMILES string of the molecule is Cn1cc(CN2CCn3nnc(CCC(=O)N4CCCC4)c3C2)c2ccccc21. The fourth-order valence-corrected chi connectivity index (χ4v) is 4.72. The number of hydrogen-bond donors (Lipinski definition) is 0. The summed E-state index contributed by atoms with van der Waals surface area (Å²) in [6, 6.07) is 8.57. The molecule has 0 radical (unpaired) electrons. The Balaban J connectivity index is 1.28. The molecule has 1 amide bonds. The number of likely N-dealkylation sites (tertiary alicyclic amines) is 1. The first kappa shape index (κ1) is 18.4. The Morgan fingerprint density at radius 2 is 1.93 bits per heavy atom. The van der Waals surface area contributed by atoms with Crippen molar-refractivity contribution >= 4 is 16.8 Å². The summed E-state index contributed by atoms with van der Waals surface area (Å²) in [6.45, 7) is 5.40. The van der Waals surface area contributed by atoms with Crippen molar-refractivity contribution in [3.8, 4) is 0 Å². The van der Waals surface area contributed by atoms with Crippen LogP contribution in [0.15, 0.2) is 30.5 Å². The Morgan fingerprint density at radius 1 is 1.10 bits per heavy atom. The van der Waals surface area contributed by atoms with E-state index in [0.29, 0.717) is 12.8 Å². The van der Waals surface area contributed by atoms with Gasteiger partial charge in [0, 0.05) is 69.7 Å². The number of para-hydroxylation sites is 1. The first-order valence-electron chi connectivity index (χ1n) is 10.6. The van der Waals surface area contributed by atoms with Gasteiger partial charge in [0.15, 0.2) is 0 Å². The number of aromatic nitrogens is 4. The van der Waals surface area contributed by atoms with E-state index < -0.39 is 0 Å². The Kier molecular flexibility index (Phi) is 4.83. The van der Waals surface area contributed by atoms with Crippen LogP contribution in [0.5, 0.6) is 0 Å². The van der Waals surface area contributed by atoms with Crippen LogP contribution >= 0.6 is 0 Å². The van der Waals surface area contributed by atoms with Crippen molar-refractivity contribution in [3.05, 3.63) is 47.4 Å². The summed E-state index contributed by atoms with van der Waals surface area (Å²) in [7, 11) is 2.11. The molecule has 2 aromatic heterocycles. The van der Waals surface area contributed by atoms with Crippen molar-refractivity contribution in [1.29, 1.82) is 0 Å². The number of amides is 1. The number of fused-ring (bicyclic) bond motifs is 2. The van der Waals surface area contributed by atoms with E-state index >= 15 is 0 Å². The Labute approximate surface area is 170 Å². The third-order valence-corrected chi connectivity index (χ3v) is 6.33. The second-order valence-electron chi connectivity index (χ2n) is 8.29. The van der Waals surface area contributed by atoms with E-state index in [2.05, 4.69) is 57.3 Å². The summed E-state index contributed by atoms with van der Waals surface area (Å²) in [5.74, 6) is 0.257. The van der Waals surface area contributed by atoms with E-state index in [-0.39, 0.29) is 5.91 Å². The van der Waals surface area contributed by atoms with E-state index in [0.717, 1.165) is 57.8 Å². The van der Waals surface area contributed by atoms with E-state index in [4.69, 9.17) is 0 Å². The molecule has 0 atom stereocenters. The normalized spacial score (nSPS) is 17.2. The molecule has 0 bridgehead atoms. The molecule has 1 fully saturated rings. The van der Waals surface area contributed by atoms with Crippen LogP contribution in [0.25, 0.3) is 10.9 Å². The van der Waals surface area contributed by atoms with E-state index in [1.165, 1.54) is 22.2 Å². The standard InChI is InChI=1S/C22H28N6O/c1-25-14-17(18-6-2-3-7-20(18)25)15-26-12-13-28-21(16-26)19(23-24-28)8-9-22(29)27-10-4-5-11-27/h2-3,6-7,14H,4-5,8-13,15-16H2,1H3. The van der Waals surface area contributed by atoms with Crippen LogP contribution in [0.3, 0.4) is 0 Å². The molecule has 1 aromatic carbocycles. The molecule has 4 heterocycles. The van der Waals surface area contributed by atoms with Gasteiger partial charge in [-0.25, -0.2) is 4.68 Å². The average Bonchev–Trinajstić information content (AvgIpc) is 3.47. The van der Waals surface area contributed by atoms with Crippen molar-refractivity contribution in [2.24, 2.45) is 7.05 Å². The molecule has 2 aliphatic rings. The van der Waals surface area contributed by atoms with Crippen molar-refractivity contribution in [1.82, 2.24) is 29.4 Å². The highest BCUT2D eigenvalue weighted by Gasteiger charge is 2.24. The molecule has 0 aliphatic carbocycles. The molecule has 7 heteroatoms. The molecular weight excluding hydrogens is 364 g/mol. The summed E-state index contributed by atoms with van der Waals surface area (Å²) in [5.41, 5.74) is 4.79. The van der Waals surface area contributed by atoms with Crippen LogP contribution < -0.4 is 0 Å². The molecule has 2 aliphatic heterocycles. The van der Waals surface area contributed by atoms with Gasteiger partial charge in [-0.2, -0.15) is 0 Å². The van der Waals surface area contributed by atoms with Gasteiger partial charge in [0.25, 0.3) is 0 Å². The minimum atomic E-state index is 0.257. The Morgan fingerprint density at radius 3 is 2.79 bits per heavy atom. The maximum Gasteiger partial charge on any atom is 0.222 e. The first-order valence-corrected chi connectivity index (χ1v) is 10.6. The minimum absolute atomic E-state index is 0.257. The number of rotatable bonds is 5. The maximum absolute atomic E-state index is 12.4. The predicted molar refractivity (Wildman–Crippen MR) is 111 cm³/mol. The highest BCUT2D eigenvalue weighted by Crippen LogP contribution is 2.24. The number of aryl methyl sites for hydroxylation is 2. The van der Waals surface area contributed by atoms with Crippen LogP contribution in [0.2, 0.25) is 0 Å². The van der Waals surface area contributed by atoms with E-state index in [1.807, 2.05) is 9.58 Å². The van der Waals surface area contributed by atoms with Gasteiger partial charge in [-0.1, -0.05) is 23.4 Å². The number of benzene rings is 1. The van der Waals surface area contributed by atoms with Gasteiger partial charge >= 0.3 is 0 Å². The average molecular weight is 393 g/mol. The van der Waals surface area contributed by atoms with Crippen LogP contribution in [0.4, 0.5) is 0 Å². The third-order valence-electron chi connectivity index (χ3n) is 6.33. The molecule has 152 valence electrons. The minimum Gasteiger partial charge on any atom is -0.350 e. The molecule has 5 rings (SSSR count). The molecule has 0 unspecified atom stereocenters. The smallest absolute Gasteiger partial charge is 0.222 e. The predicted octanol–water partition coefficient (Wildman–Crippen LogP) is 2.34. The third kappa shape index (κ3) is 3.55. The zero-order valence-corrected chi connectivity index (χ0v) is 17.0. The van der Waals surface area contributed by atoms with E-state index in [9.17, 15) is 4.79 Å². The van der Waals surface area contributed by atoms with E-state index in [1.54, 1.807) is 0 Å². The summed E-state index contributed by atoms with van der Waals surface area (Å²) < 4.78 is 4.23. The van der Waals surface area contributed by atoms with Crippen LogP contribution in [0, 0.1) is 0 Å². The summed E-state index contributed by atoms with van der Waals surface area (Å²) in [5, 5.41) is 10.1. The van der Waals surface area contributed by atoms with Gasteiger partial charge in [-0.05, 0) is 24.5 Å². The highest BCUT2D eigenvalue weighted by molar-refractivity contribution is 5.83. The molecule has 0 N–H and O–H groups in total. The van der Waals surface area contributed by atoms with Crippen LogP contribution in [-0.2, 0) is 37.9 Å². The fraction of sp³-hybridized carbons (Fsp3) is 0.500. The molecular formula is C22H28N6O. The summed E-state index contributed by atoms with van der Waals surface area (Å²) >= 11 is 0. The van der Waals surface area contributed by atoms with Gasteiger partial charge in [-0.3, -0.25) is 9.69 Å². The molecule has 3 aromatic rings. The number of nitrogens with zero attached hydrogens (tertiary/aromatic N) is 6. The van der Waals surface area contributed by atoms with Crippen molar-refractivity contribution in [2.45, 2.75) is 45.3 Å². The Bertz CT molecular complexity index is 1030. The zero-order chi connectivity index (χ0) is 19.8. The first-order chi connectivity index (χ1) is 14.2. The molecule has 0 spiro atoms. The largest absolute Gasteiger partial charge is 0.350 e. The lowest BCUT2D eigenvalue weighted by molar-refractivity contribution is -0.130. The van der Waals surface area contributed by atoms with Crippen molar-refractivity contribution < 1.29 is 4.79 Å². The quantitative estimate of drug-likeness (QED) is 0.669. The van der Waals surface area contributed by atoms with Crippen molar-refractivity contribution in [2.75, 3.05) is 19.6 Å². The second-order valence-corrected chi connectivity index (χ2v) is 8.29. The van der Waals surface area contributed by atoms with Gasteiger partial charge in [0.2, 0.25) is 5.91 Å². The fourth-order valence-electron chi connectivity index (χ4n) is 4.72. The number of carbonyl (C=O) groups is 1. The number of carbonyl (C=O) groups excluding carboxylic acids is 1. The van der Waals surface area contributed by atoms with Crippen LogP contribution in [-0.4, -0.2) is 54.9 Å². The van der Waals surface area contributed by atoms with Gasteiger partial charge in [-0.15, -0.1) is 5.10 Å². The molecule has 1 saturated heterocycles. The Hall–Kier alpha value is -2.67. The lowest BCUT2D eigenvalue weighted by Crippen LogP contribution is -2.34. The number of hydrogen-bond acceptors (Lipinski definition) is 4. The zero-order valence-electron chi connectivity index (χ0n) is 17.0. The monoisotopic (exact) mass is 392 g/mol. The highest BCUT2D eigenvalue weighted by atomic mass is 16.2. The summed E-state index contributed by atoms with van der Waals surface area (Å²) in [4.78, 5) is 16.9. The maximum atomic E-state index is 12.4. The summed E-state index contributed by atoms with van der Waals surface area (Å²) in [6.07, 6.45) is 5.73. The van der Waals surface area contributed by atoms with Gasteiger partial charge < -0.3 is 9.47 Å². The lowest BCUT2D eigenvalue weighted by atomic mass is 10.1. The van der Waals surface area contributed by atoms with Crippen LogP contribution in [0.1, 0.15) is 36.2 Å². The second kappa shape index (κ2) is 7.63. The topological polar surface area (TPSA) is 59.2 Å². The lowest BCUT2D eigenvalue weighted by Gasteiger charge is -2.27. The molecule has 7 nitrogen and oxygen atoms in total. The van der Waals surface area contributed by atoms with Gasteiger partial charge in [0.1, 0.15) is 0 Å². The van der Waals surface area contributed by atoms with Gasteiger partial charge in [0.05, 0.1) is 17.9 Å².